The van der Waals surface area contributed by atoms with E-state index in [4.69, 9.17) is 11.6 Å². The maximum atomic E-state index is 12.1. The molecule has 98 valence electrons. The van der Waals surface area contributed by atoms with Crippen LogP contribution in [-0.2, 0) is 0 Å². The quantitative estimate of drug-likeness (QED) is 0.861. The van der Waals surface area contributed by atoms with Crippen molar-refractivity contribution in [1.82, 2.24) is 10.2 Å². The zero-order valence-corrected chi connectivity index (χ0v) is 11.1. The lowest BCUT2D eigenvalue weighted by molar-refractivity contribution is 0.0912. The Kier molecular flexibility index (Phi) is 4.09. The first-order chi connectivity index (χ1) is 8.56. The Morgan fingerprint density at radius 1 is 1.56 bits per heavy atom. The first-order valence-electron chi connectivity index (χ1n) is 6.04. The van der Waals surface area contributed by atoms with Gasteiger partial charge in [0.05, 0.1) is 10.6 Å². The molecule has 1 aliphatic rings. The summed E-state index contributed by atoms with van der Waals surface area (Å²) in [4.78, 5) is 14.3. The van der Waals surface area contributed by atoms with Gasteiger partial charge in [-0.3, -0.25) is 4.79 Å². The van der Waals surface area contributed by atoms with Gasteiger partial charge in [0.25, 0.3) is 5.91 Å². The molecule has 0 spiro atoms. The van der Waals surface area contributed by atoms with Gasteiger partial charge in [-0.25, -0.2) is 0 Å². The number of likely N-dealkylation sites (N-methyl/N-ethyl adjacent to an activating group) is 1. The van der Waals surface area contributed by atoms with Crippen molar-refractivity contribution in [2.45, 2.75) is 18.9 Å². The summed E-state index contributed by atoms with van der Waals surface area (Å²) >= 11 is 5.96. The van der Waals surface area contributed by atoms with Crippen molar-refractivity contribution in [3.8, 4) is 5.75 Å². The number of halogens is 1. The first-order valence-corrected chi connectivity index (χ1v) is 6.42. The molecule has 1 heterocycles. The van der Waals surface area contributed by atoms with Crippen LogP contribution in [0.4, 0.5) is 0 Å². The minimum atomic E-state index is -0.226. The van der Waals surface area contributed by atoms with E-state index >= 15 is 0 Å². The third-order valence-corrected chi connectivity index (χ3v) is 3.48. The number of carbonyl (C=O) groups excluding carboxylic acids is 1. The number of hydrogen-bond acceptors (Lipinski definition) is 3. The Morgan fingerprint density at radius 3 is 3.06 bits per heavy atom. The SMILES string of the molecule is CN1CCCC(NC(=O)c2cc(O)ccc2Cl)C1. The van der Waals surface area contributed by atoms with E-state index in [9.17, 15) is 9.90 Å². The lowest BCUT2D eigenvalue weighted by atomic mass is 10.1. The largest absolute Gasteiger partial charge is 0.508 e. The summed E-state index contributed by atoms with van der Waals surface area (Å²) < 4.78 is 0. The molecule has 1 aromatic carbocycles. The summed E-state index contributed by atoms with van der Waals surface area (Å²) in [5, 5.41) is 12.7. The van der Waals surface area contributed by atoms with E-state index in [2.05, 4.69) is 10.2 Å². The van der Waals surface area contributed by atoms with Gasteiger partial charge in [0, 0.05) is 12.6 Å². The smallest absolute Gasteiger partial charge is 0.253 e. The molecular weight excluding hydrogens is 252 g/mol. The highest BCUT2D eigenvalue weighted by atomic mass is 35.5. The Hall–Kier alpha value is -1.26. The maximum absolute atomic E-state index is 12.1. The number of aromatic hydroxyl groups is 1. The molecule has 2 rings (SSSR count). The van der Waals surface area contributed by atoms with Crippen LogP contribution < -0.4 is 5.32 Å². The fourth-order valence-electron chi connectivity index (χ4n) is 2.23. The van der Waals surface area contributed by atoms with Crippen molar-refractivity contribution < 1.29 is 9.90 Å². The number of amides is 1. The molecular formula is C13H17ClN2O2. The number of nitrogens with zero attached hydrogens (tertiary/aromatic N) is 1. The van der Waals surface area contributed by atoms with Crippen LogP contribution in [0.5, 0.6) is 5.75 Å². The summed E-state index contributed by atoms with van der Waals surface area (Å²) in [6, 6.07) is 4.53. The van der Waals surface area contributed by atoms with Gasteiger partial charge in [0.1, 0.15) is 5.75 Å². The zero-order chi connectivity index (χ0) is 13.1. The van der Waals surface area contributed by atoms with Gasteiger partial charge < -0.3 is 15.3 Å². The highest BCUT2D eigenvalue weighted by Crippen LogP contribution is 2.21. The van der Waals surface area contributed by atoms with E-state index in [-0.39, 0.29) is 17.7 Å². The summed E-state index contributed by atoms with van der Waals surface area (Å²) in [6.45, 7) is 1.92. The molecule has 0 aromatic heterocycles. The van der Waals surface area contributed by atoms with Crippen LogP contribution in [0.25, 0.3) is 0 Å². The summed E-state index contributed by atoms with van der Waals surface area (Å²) in [5.41, 5.74) is 0.324. The average molecular weight is 269 g/mol. The van der Waals surface area contributed by atoms with E-state index in [0.29, 0.717) is 10.6 Å². The number of likely N-dealkylation sites (tertiary alicyclic amines) is 1. The van der Waals surface area contributed by atoms with Crippen molar-refractivity contribution >= 4 is 17.5 Å². The van der Waals surface area contributed by atoms with Gasteiger partial charge in [0.2, 0.25) is 0 Å². The first kappa shape index (κ1) is 13.2. The van der Waals surface area contributed by atoms with Gasteiger partial charge >= 0.3 is 0 Å². The van der Waals surface area contributed by atoms with Crippen LogP contribution >= 0.6 is 11.6 Å². The number of phenols is 1. The number of benzene rings is 1. The normalized spacial score (nSPS) is 20.7. The van der Waals surface area contributed by atoms with Crippen molar-refractivity contribution in [3.63, 3.8) is 0 Å². The lowest BCUT2D eigenvalue weighted by Gasteiger charge is -2.30. The van der Waals surface area contributed by atoms with Gasteiger partial charge in [-0.05, 0) is 44.6 Å². The topological polar surface area (TPSA) is 52.6 Å². The predicted octanol–water partition coefficient (Wildman–Crippen LogP) is 1.87. The van der Waals surface area contributed by atoms with Crippen LogP contribution in [0.1, 0.15) is 23.2 Å². The van der Waals surface area contributed by atoms with Crippen molar-refractivity contribution in [1.29, 1.82) is 0 Å². The van der Waals surface area contributed by atoms with Gasteiger partial charge in [-0.15, -0.1) is 0 Å². The van der Waals surface area contributed by atoms with Crippen molar-refractivity contribution in [2.24, 2.45) is 0 Å². The Bertz CT molecular complexity index is 451. The van der Waals surface area contributed by atoms with Gasteiger partial charge in [-0.2, -0.15) is 0 Å². The van der Waals surface area contributed by atoms with Crippen LogP contribution in [-0.4, -0.2) is 42.1 Å². The third-order valence-electron chi connectivity index (χ3n) is 3.15. The third kappa shape index (κ3) is 3.15. The van der Waals surface area contributed by atoms with E-state index in [1.807, 2.05) is 7.05 Å². The van der Waals surface area contributed by atoms with Crippen LogP contribution in [0.3, 0.4) is 0 Å². The molecule has 1 atom stereocenters. The molecule has 18 heavy (non-hydrogen) atoms. The van der Waals surface area contributed by atoms with E-state index in [0.717, 1.165) is 25.9 Å². The fourth-order valence-corrected chi connectivity index (χ4v) is 2.44. The zero-order valence-electron chi connectivity index (χ0n) is 10.3. The maximum Gasteiger partial charge on any atom is 0.253 e. The molecule has 0 aliphatic carbocycles. The molecule has 5 heteroatoms. The van der Waals surface area contributed by atoms with E-state index in [1.54, 1.807) is 0 Å². The number of hydrogen-bond donors (Lipinski definition) is 2. The molecule has 4 nitrogen and oxygen atoms in total. The van der Waals surface area contributed by atoms with Crippen LogP contribution in [0.2, 0.25) is 5.02 Å². The predicted molar refractivity (Wildman–Crippen MR) is 71.1 cm³/mol. The summed E-state index contributed by atoms with van der Waals surface area (Å²) in [6.07, 6.45) is 2.06. The van der Waals surface area contributed by atoms with Gasteiger partial charge in [-0.1, -0.05) is 11.6 Å². The number of nitrogens with one attached hydrogen (secondary N) is 1. The minimum Gasteiger partial charge on any atom is -0.508 e. The second kappa shape index (κ2) is 5.59. The second-order valence-corrected chi connectivity index (χ2v) is 5.15. The van der Waals surface area contributed by atoms with Crippen molar-refractivity contribution in [2.75, 3.05) is 20.1 Å². The monoisotopic (exact) mass is 268 g/mol. The number of piperidine rings is 1. The molecule has 2 N–H and O–H groups in total. The van der Waals surface area contributed by atoms with Crippen LogP contribution in [0, 0.1) is 0 Å². The van der Waals surface area contributed by atoms with Gasteiger partial charge in [0.15, 0.2) is 0 Å². The Morgan fingerprint density at radius 2 is 2.33 bits per heavy atom. The van der Waals surface area contributed by atoms with Crippen LogP contribution in [0.15, 0.2) is 18.2 Å². The fraction of sp³-hybridized carbons (Fsp3) is 0.462. The standard InChI is InChI=1S/C13H17ClN2O2/c1-16-6-2-3-9(8-16)15-13(18)11-7-10(17)4-5-12(11)14/h4-5,7,9,17H,2-3,6,8H2,1H3,(H,15,18). The van der Waals surface area contributed by atoms with E-state index in [1.165, 1.54) is 18.2 Å². The molecule has 1 amide bonds. The number of carbonyl (C=O) groups is 1. The molecule has 1 aliphatic heterocycles. The molecule has 1 aromatic rings. The lowest BCUT2D eigenvalue weighted by Crippen LogP contribution is -2.46. The molecule has 1 unspecified atom stereocenters. The molecule has 0 saturated carbocycles. The number of phenolic OH excluding ortho intramolecular Hbond substituents is 1. The Labute approximate surface area is 112 Å². The summed E-state index contributed by atoms with van der Waals surface area (Å²) in [7, 11) is 2.04. The summed E-state index contributed by atoms with van der Waals surface area (Å²) in [5.74, 6) is -0.179. The highest BCUT2D eigenvalue weighted by molar-refractivity contribution is 6.33. The molecule has 1 fully saturated rings. The average Bonchev–Trinajstić information content (AvgIpc) is 2.32. The Balaban J connectivity index is 2.05. The van der Waals surface area contributed by atoms with Crippen molar-refractivity contribution in [3.05, 3.63) is 28.8 Å². The molecule has 0 radical (unpaired) electrons. The van der Waals surface area contributed by atoms with E-state index < -0.39 is 0 Å². The number of rotatable bonds is 2. The molecule has 0 bridgehead atoms. The highest BCUT2D eigenvalue weighted by Gasteiger charge is 2.20. The molecule has 1 saturated heterocycles. The second-order valence-electron chi connectivity index (χ2n) is 4.74. The minimum absolute atomic E-state index is 0.0466.